The van der Waals surface area contributed by atoms with E-state index in [0.717, 1.165) is 5.41 Å². The Morgan fingerprint density at radius 1 is 1.36 bits per heavy atom. The maximum absolute atomic E-state index is 10.9. The van der Waals surface area contributed by atoms with Crippen LogP contribution in [0.1, 0.15) is 45.4 Å². The molecule has 80 valence electrons. The van der Waals surface area contributed by atoms with Crippen LogP contribution in [0.4, 0.5) is 0 Å². The Morgan fingerprint density at radius 3 is 2.36 bits per heavy atom. The fourth-order valence-corrected chi connectivity index (χ4v) is 2.51. The summed E-state index contributed by atoms with van der Waals surface area (Å²) in [5.74, 6) is -0.239. The summed E-state index contributed by atoms with van der Waals surface area (Å²) in [6, 6.07) is 0.344. The number of rotatable bonds is 3. The Kier molecular flexibility index (Phi) is 2.52. The molecule has 0 unspecified atom stereocenters. The van der Waals surface area contributed by atoms with Crippen LogP contribution >= 0.6 is 0 Å². The summed E-state index contributed by atoms with van der Waals surface area (Å²) in [7, 11) is 0. The van der Waals surface area contributed by atoms with E-state index in [1.54, 1.807) is 0 Å². The number of hydrogen-bond acceptors (Lipinski definition) is 2. The van der Waals surface area contributed by atoms with Gasteiger partial charge in [-0.05, 0) is 50.9 Å². The van der Waals surface area contributed by atoms with E-state index in [1.807, 2.05) is 6.92 Å². The Labute approximate surface area is 85.4 Å². The molecular formula is C11H20N2O. The maximum atomic E-state index is 10.9. The minimum atomic E-state index is -0.239. The van der Waals surface area contributed by atoms with Gasteiger partial charge in [0.1, 0.15) is 0 Å². The van der Waals surface area contributed by atoms with Crippen molar-refractivity contribution in [3.8, 4) is 0 Å². The van der Waals surface area contributed by atoms with E-state index < -0.39 is 0 Å². The molecule has 0 aromatic carbocycles. The van der Waals surface area contributed by atoms with Crippen LogP contribution in [0.3, 0.4) is 0 Å². The number of amides is 1. The van der Waals surface area contributed by atoms with Crippen molar-refractivity contribution in [1.82, 2.24) is 5.32 Å². The molecule has 2 fully saturated rings. The van der Waals surface area contributed by atoms with Crippen LogP contribution in [0.15, 0.2) is 0 Å². The lowest BCUT2D eigenvalue weighted by atomic mass is 9.83. The smallest absolute Gasteiger partial charge is 0.234 e. The predicted octanol–water partition coefficient (Wildman–Crippen LogP) is 1.17. The number of primary amides is 1. The zero-order valence-electron chi connectivity index (χ0n) is 8.88. The summed E-state index contributed by atoms with van der Waals surface area (Å²) in [6.45, 7) is 1.85. The second kappa shape index (κ2) is 3.54. The third-order valence-electron chi connectivity index (χ3n) is 3.92. The normalized spacial score (nSPS) is 27.5. The molecule has 0 heterocycles. The average molecular weight is 196 g/mol. The lowest BCUT2D eigenvalue weighted by Gasteiger charge is -2.30. The Hall–Kier alpha value is -0.570. The van der Waals surface area contributed by atoms with Gasteiger partial charge < -0.3 is 11.1 Å². The van der Waals surface area contributed by atoms with Crippen molar-refractivity contribution in [1.29, 1.82) is 0 Å². The first-order chi connectivity index (χ1) is 6.61. The van der Waals surface area contributed by atoms with E-state index in [1.165, 1.54) is 38.5 Å². The van der Waals surface area contributed by atoms with Crippen molar-refractivity contribution >= 4 is 5.91 Å². The standard InChI is InChI=1S/C11H20N2O/c1-8(10(12)14)13-9-2-4-11(5-3-9)6-7-11/h8-9,13H,2-7H2,1H3,(H2,12,14)/t8-/m1/s1. The molecule has 0 bridgehead atoms. The minimum Gasteiger partial charge on any atom is -0.368 e. The number of carbonyl (C=O) groups is 1. The first-order valence-electron chi connectivity index (χ1n) is 5.67. The van der Waals surface area contributed by atoms with Crippen LogP contribution < -0.4 is 11.1 Å². The summed E-state index contributed by atoms with van der Waals surface area (Å²) in [6.07, 6.45) is 8.00. The van der Waals surface area contributed by atoms with Gasteiger partial charge in [0.2, 0.25) is 5.91 Å². The molecule has 2 rings (SSSR count). The Bertz CT molecular complexity index is 225. The molecule has 1 amide bonds. The highest BCUT2D eigenvalue weighted by atomic mass is 16.1. The highest BCUT2D eigenvalue weighted by molar-refractivity contribution is 5.79. The molecule has 3 N–H and O–H groups in total. The average Bonchev–Trinajstić information content (AvgIpc) is 2.90. The first-order valence-corrected chi connectivity index (χ1v) is 5.67. The molecule has 0 radical (unpaired) electrons. The molecule has 14 heavy (non-hydrogen) atoms. The minimum absolute atomic E-state index is 0.173. The van der Waals surface area contributed by atoms with Gasteiger partial charge in [-0.2, -0.15) is 0 Å². The SMILES string of the molecule is C[C@@H](NC1CCC2(CC1)CC2)C(N)=O. The summed E-state index contributed by atoms with van der Waals surface area (Å²) >= 11 is 0. The van der Waals surface area contributed by atoms with Crippen LogP contribution in [0.25, 0.3) is 0 Å². The van der Waals surface area contributed by atoms with Gasteiger partial charge in [-0.25, -0.2) is 0 Å². The van der Waals surface area contributed by atoms with Gasteiger partial charge in [0.25, 0.3) is 0 Å². The van der Waals surface area contributed by atoms with Gasteiger partial charge >= 0.3 is 0 Å². The summed E-state index contributed by atoms with van der Waals surface area (Å²) < 4.78 is 0. The summed E-state index contributed by atoms with van der Waals surface area (Å²) in [5.41, 5.74) is 5.95. The lowest BCUT2D eigenvalue weighted by Crippen LogP contribution is -2.45. The molecule has 2 saturated carbocycles. The molecule has 1 spiro atoms. The third kappa shape index (κ3) is 2.08. The van der Waals surface area contributed by atoms with Crippen LogP contribution in [0.5, 0.6) is 0 Å². The van der Waals surface area contributed by atoms with E-state index in [0.29, 0.717) is 6.04 Å². The van der Waals surface area contributed by atoms with Crippen molar-refractivity contribution < 1.29 is 4.79 Å². The monoisotopic (exact) mass is 196 g/mol. The number of hydrogen-bond donors (Lipinski definition) is 2. The molecule has 3 nitrogen and oxygen atoms in total. The molecular weight excluding hydrogens is 176 g/mol. The van der Waals surface area contributed by atoms with E-state index >= 15 is 0 Å². The second-order valence-corrected chi connectivity index (χ2v) is 5.06. The third-order valence-corrected chi connectivity index (χ3v) is 3.92. The quantitative estimate of drug-likeness (QED) is 0.712. The lowest BCUT2D eigenvalue weighted by molar-refractivity contribution is -0.119. The van der Waals surface area contributed by atoms with E-state index in [9.17, 15) is 4.79 Å². The zero-order valence-corrected chi connectivity index (χ0v) is 8.88. The summed E-state index contributed by atoms with van der Waals surface area (Å²) in [5, 5.41) is 3.31. The van der Waals surface area contributed by atoms with Crippen LogP contribution in [0.2, 0.25) is 0 Å². The second-order valence-electron chi connectivity index (χ2n) is 5.06. The molecule has 0 saturated heterocycles. The molecule has 2 aliphatic carbocycles. The fourth-order valence-electron chi connectivity index (χ4n) is 2.51. The van der Waals surface area contributed by atoms with Crippen molar-refractivity contribution in [3.05, 3.63) is 0 Å². The summed E-state index contributed by atoms with van der Waals surface area (Å²) in [4.78, 5) is 10.9. The van der Waals surface area contributed by atoms with Gasteiger partial charge in [0.05, 0.1) is 6.04 Å². The predicted molar refractivity (Wildman–Crippen MR) is 55.7 cm³/mol. The van der Waals surface area contributed by atoms with E-state index in [2.05, 4.69) is 5.32 Å². The van der Waals surface area contributed by atoms with Crippen LogP contribution in [0, 0.1) is 5.41 Å². The highest BCUT2D eigenvalue weighted by Gasteiger charge is 2.44. The number of carbonyl (C=O) groups excluding carboxylic acids is 1. The zero-order chi connectivity index (χ0) is 10.2. The number of nitrogens with two attached hydrogens (primary N) is 1. The molecule has 1 atom stereocenters. The van der Waals surface area contributed by atoms with Gasteiger partial charge in [0.15, 0.2) is 0 Å². The molecule has 0 aromatic rings. The highest BCUT2D eigenvalue weighted by Crippen LogP contribution is 2.56. The van der Waals surface area contributed by atoms with Gasteiger partial charge in [-0.3, -0.25) is 4.79 Å². The maximum Gasteiger partial charge on any atom is 0.234 e. The largest absolute Gasteiger partial charge is 0.368 e. The van der Waals surface area contributed by atoms with E-state index in [4.69, 9.17) is 5.73 Å². The molecule has 2 aliphatic rings. The Morgan fingerprint density at radius 2 is 1.93 bits per heavy atom. The number of nitrogens with one attached hydrogen (secondary N) is 1. The van der Waals surface area contributed by atoms with Crippen molar-refractivity contribution in [2.24, 2.45) is 11.1 Å². The van der Waals surface area contributed by atoms with Crippen molar-refractivity contribution in [2.75, 3.05) is 0 Å². The van der Waals surface area contributed by atoms with Crippen LogP contribution in [-0.2, 0) is 4.79 Å². The van der Waals surface area contributed by atoms with Crippen molar-refractivity contribution in [2.45, 2.75) is 57.5 Å². The van der Waals surface area contributed by atoms with E-state index in [-0.39, 0.29) is 11.9 Å². The molecule has 0 aliphatic heterocycles. The van der Waals surface area contributed by atoms with Gasteiger partial charge in [-0.1, -0.05) is 0 Å². The van der Waals surface area contributed by atoms with Gasteiger partial charge in [-0.15, -0.1) is 0 Å². The Balaban J connectivity index is 1.75. The molecule has 3 heteroatoms. The van der Waals surface area contributed by atoms with Crippen molar-refractivity contribution in [3.63, 3.8) is 0 Å². The molecule has 0 aromatic heterocycles. The first kappa shape index (κ1) is 9.97. The fraction of sp³-hybridized carbons (Fsp3) is 0.909. The van der Waals surface area contributed by atoms with Gasteiger partial charge in [0, 0.05) is 6.04 Å². The van der Waals surface area contributed by atoms with Crippen LogP contribution in [-0.4, -0.2) is 18.0 Å². The topological polar surface area (TPSA) is 55.1 Å².